The number of nitrogen functional groups attached to an aromatic ring is 1. The number of nitrogens with zero attached hydrogens (tertiary/aromatic N) is 3. The predicted octanol–water partition coefficient (Wildman–Crippen LogP) is 2.33. The minimum absolute atomic E-state index is 0.503. The third-order valence-electron chi connectivity index (χ3n) is 2.71. The molecule has 0 bridgehead atoms. The van der Waals surface area contributed by atoms with E-state index in [2.05, 4.69) is 27.2 Å². The molecular formula is C14H19N5. The van der Waals surface area contributed by atoms with Gasteiger partial charge >= 0.3 is 0 Å². The summed E-state index contributed by atoms with van der Waals surface area (Å²) in [5.41, 5.74) is 7.90. The highest BCUT2D eigenvalue weighted by Crippen LogP contribution is 2.11. The van der Waals surface area contributed by atoms with Gasteiger partial charge in [-0.3, -0.25) is 4.98 Å². The second-order valence-corrected chi connectivity index (χ2v) is 4.51. The van der Waals surface area contributed by atoms with Gasteiger partial charge in [-0.05, 0) is 25.0 Å². The van der Waals surface area contributed by atoms with Gasteiger partial charge in [0.15, 0.2) is 0 Å². The van der Waals surface area contributed by atoms with Crippen LogP contribution in [0, 0.1) is 6.92 Å². The molecule has 0 amide bonds. The molecular weight excluding hydrogens is 238 g/mol. The van der Waals surface area contributed by atoms with Crippen LogP contribution in [-0.2, 0) is 13.0 Å². The van der Waals surface area contributed by atoms with Gasteiger partial charge in [0.25, 0.3) is 0 Å². The molecule has 0 aromatic carbocycles. The maximum absolute atomic E-state index is 5.78. The Hall–Kier alpha value is -2.17. The molecule has 0 saturated heterocycles. The highest BCUT2D eigenvalue weighted by molar-refractivity contribution is 5.45. The van der Waals surface area contributed by atoms with Gasteiger partial charge < -0.3 is 11.1 Å². The van der Waals surface area contributed by atoms with E-state index in [0.717, 1.165) is 35.7 Å². The summed E-state index contributed by atoms with van der Waals surface area (Å²) in [7, 11) is 0. The fourth-order valence-corrected chi connectivity index (χ4v) is 1.74. The van der Waals surface area contributed by atoms with Gasteiger partial charge in [-0.1, -0.05) is 13.0 Å². The van der Waals surface area contributed by atoms with Crippen LogP contribution in [0.2, 0.25) is 0 Å². The smallest absolute Gasteiger partial charge is 0.133 e. The SMILES string of the molecule is CCCc1nc(N)cc(NCc2ccc(C)nc2)n1. The van der Waals surface area contributed by atoms with E-state index in [-0.39, 0.29) is 0 Å². The number of hydrogen-bond acceptors (Lipinski definition) is 5. The van der Waals surface area contributed by atoms with Crippen LogP contribution in [0.4, 0.5) is 11.6 Å². The lowest BCUT2D eigenvalue weighted by Gasteiger charge is -2.08. The Morgan fingerprint density at radius 1 is 1.26 bits per heavy atom. The van der Waals surface area contributed by atoms with Crippen LogP contribution in [0.1, 0.15) is 30.4 Å². The summed E-state index contributed by atoms with van der Waals surface area (Å²) in [5.74, 6) is 2.05. The van der Waals surface area contributed by atoms with Gasteiger partial charge in [0.1, 0.15) is 17.5 Å². The van der Waals surface area contributed by atoms with Crippen molar-refractivity contribution in [2.75, 3.05) is 11.1 Å². The Labute approximate surface area is 113 Å². The van der Waals surface area contributed by atoms with Gasteiger partial charge in [0, 0.05) is 30.9 Å². The third-order valence-corrected chi connectivity index (χ3v) is 2.71. The van der Waals surface area contributed by atoms with Crippen molar-refractivity contribution >= 4 is 11.6 Å². The van der Waals surface area contributed by atoms with Crippen LogP contribution >= 0.6 is 0 Å². The summed E-state index contributed by atoms with van der Waals surface area (Å²) in [6.07, 6.45) is 3.70. The van der Waals surface area contributed by atoms with Crippen LogP contribution in [0.15, 0.2) is 24.4 Å². The molecule has 0 aliphatic heterocycles. The van der Waals surface area contributed by atoms with E-state index in [1.54, 1.807) is 6.07 Å². The van der Waals surface area contributed by atoms with Crippen LogP contribution in [0.3, 0.4) is 0 Å². The highest BCUT2D eigenvalue weighted by Gasteiger charge is 2.02. The molecule has 19 heavy (non-hydrogen) atoms. The molecule has 3 N–H and O–H groups in total. The topological polar surface area (TPSA) is 76.7 Å². The van der Waals surface area contributed by atoms with Crippen LogP contribution in [0.5, 0.6) is 0 Å². The maximum atomic E-state index is 5.78. The van der Waals surface area contributed by atoms with E-state index in [0.29, 0.717) is 12.4 Å². The van der Waals surface area contributed by atoms with Crippen LogP contribution in [-0.4, -0.2) is 15.0 Å². The van der Waals surface area contributed by atoms with Crippen molar-refractivity contribution in [2.24, 2.45) is 0 Å². The standard InChI is InChI=1S/C14H19N5/c1-3-4-13-18-12(15)7-14(19-13)17-9-11-6-5-10(2)16-8-11/h5-8H,3-4,9H2,1-2H3,(H3,15,17,18,19). The number of anilines is 2. The van der Waals surface area contributed by atoms with E-state index in [1.807, 2.05) is 25.3 Å². The average Bonchev–Trinajstić information content (AvgIpc) is 2.38. The summed E-state index contributed by atoms with van der Waals surface area (Å²) in [5, 5.41) is 3.25. The Morgan fingerprint density at radius 3 is 2.79 bits per heavy atom. The molecule has 5 nitrogen and oxygen atoms in total. The molecule has 2 aromatic heterocycles. The first-order chi connectivity index (χ1) is 9.17. The third kappa shape index (κ3) is 3.91. The van der Waals surface area contributed by atoms with Crippen molar-refractivity contribution in [3.8, 4) is 0 Å². The minimum atomic E-state index is 0.503. The summed E-state index contributed by atoms with van der Waals surface area (Å²) < 4.78 is 0. The Morgan fingerprint density at radius 2 is 2.11 bits per heavy atom. The number of pyridine rings is 1. The number of aryl methyl sites for hydroxylation is 2. The van der Waals surface area contributed by atoms with Crippen molar-refractivity contribution in [1.82, 2.24) is 15.0 Å². The summed E-state index contributed by atoms with van der Waals surface area (Å²) in [6, 6.07) is 5.79. The first kappa shape index (κ1) is 13.3. The molecule has 0 aliphatic carbocycles. The largest absolute Gasteiger partial charge is 0.384 e. The van der Waals surface area contributed by atoms with Crippen molar-refractivity contribution < 1.29 is 0 Å². The number of hydrogen-bond donors (Lipinski definition) is 2. The molecule has 2 aromatic rings. The van der Waals surface area contributed by atoms with Gasteiger partial charge in [-0.25, -0.2) is 9.97 Å². The van der Waals surface area contributed by atoms with Crippen molar-refractivity contribution in [3.63, 3.8) is 0 Å². The number of rotatable bonds is 5. The van der Waals surface area contributed by atoms with E-state index < -0.39 is 0 Å². The highest BCUT2D eigenvalue weighted by atomic mass is 15.0. The molecule has 2 rings (SSSR count). The lowest BCUT2D eigenvalue weighted by Crippen LogP contribution is -2.06. The number of aromatic nitrogens is 3. The molecule has 0 atom stereocenters. The first-order valence-electron chi connectivity index (χ1n) is 6.46. The maximum Gasteiger partial charge on any atom is 0.133 e. The van der Waals surface area contributed by atoms with Crippen molar-refractivity contribution in [3.05, 3.63) is 41.5 Å². The van der Waals surface area contributed by atoms with Gasteiger partial charge in [-0.15, -0.1) is 0 Å². The van der Waals surface area contributed by atoms with E-state index in [1.165, 1.54) is 0 Å². The zero-order chi connectivity index (χ0) is 13.7. The quantitative estimate of drug-likeness (QED) is 0.859. The number of nitrogens with two attached hydrogens (primary N) is 1. The lowest BCUT2D eigenvalue weighted by molar-refractivity contribution is 0.836. The zero-order valence-corrected chi connectivity index (χ0v) is 11.3. The molecule has 0 aliphatic rings. The molecule has 2 heterocycles. The first-order valence-corrected chi connectivity index (χ1v) is 6.46. The van der Waals surface area contributed by atoms with Gasteiger partial charge in [0.2, 0.25) is 0 Å². The molecule has 0 unspecified atom stereocenters. The molecule has 0 spiro atoms. The monoisotopic (exact) mass is 257 g/mol. The second-order valence-electron chi connectivity index (χ2n) is 4.51. The van der Waals surface area contributed by atoms with Crippen LogP contribution in [0.25, 0.3) is 0 Å². The zero-order valence-electron chi connectivity index (χ0n) is 11.3. The Kier molecular flexibility index (Phi) is 4.28. The molecule has 0 saturated carbocycles. The molecule has 0 fully saturated rings. The fourth-order valence-electron chi connectivity index (χ4n) is 1.74. The normalized spacial score (nSPS) is 10.4. The minimum Gasteiger partial charge on any atom is -0.384 e. The fraction of sp³-hybridized carbons (Fsp3) is 0.357. The van der Waals surface area contributed by atoms with E-state index in [9.17, 15) is 0 Å². The lowest BCUT2D eigenvalue weighted by atomic mass is 10.2. The Bertz CT molecular complexity index is 536. The van der Waals surface area contributed by atoms with Crippen LogP contribution < -0.4 is 11.1 Å². The Balaban J connectivity index is 2.04. The summed E-state index contributed by atoms with van der Waals surface area (Å²) in [4.78, 5) is 12.9. The predicted molar refractivity (Wildman–Crippen MR) is 76.7 cm³/mol. The van der Waals surface area contributed by atoms with Gasteiger partial charge in [0.05, 0.1) is 0 Å². The van der Waals surface area contributed by atoms with E-state index in [4.69, 9.17) is 5.73 Å². The average molecular weight is 257 g/mol. The van der Waals surface area contributed by atoms with Crippen molar-refractivity contribution in [2.45, 2.75) is 33.2 Å². The second kappa shape index (κ2) is 6.13. The number of nitrogens with one attached hydrogen (secondary N) is 1. The molecule has 5 heteroatoms. The summed E-state index contributed by atoms with van der Waals surface area (Å²) in [6.45, 7) is 4.74. The molecule has 100 valence electrons. The van der Waals surface area contributed by atoms with E-state index >= 15 is 0 Å². The van der Waals surface area contributed by atoms with Crippen molar-refractivity contribution in [1.29, 1.82) is 0 Å². The molecule has 0 radical (unpaired) electrons. The summed E-state index contributed by atoms with van der Waals surface area (Å²) >= 11 is 0. The van der Waals surface area contributed by atoms with Gasteiger partial charge in [-0.2, -0.15) is 0 Å².